The number of nitrogens with two attached hydrogens (primary N) is 1. The fraction of sp³-hybridized carbons (Fsp3) is 0.412. The van der Waals surface area contributed by atoms with E-state index < -0.39 is 5.91 Å². The van der Waals surface area contributed by atoms with Gasteiger partial charge in [-0.05, 0) is 38.1 Å². The average Bonchev–Trinajstić information content (AvgIpc) is 3.01. The first-order valence-corrected chi connectivity index (χ1v) is 8.28. The van der Waals surface area contributed by atoms with Crippen LogP contribution in [-0.2, 0) is 16.1 Å². The number of likely N-dealkylation sites (N-methyl/N-ethyl adjacent to an activating group) is 1. The molecule has 2 aromatic rings. The topological polar surface area (TPSA) is 136 Å². The van der Waals surface area contributed by atoms with Crippen molar-refractivity contribution in [2.24, 2.45) is 5.73 Å². The predicted molar refractivity (Wildman–Crippen MR) is 97.3 cm³/mol. The highest BCUT2D eigenvalue weighted by Gasteiger charge is 2.19. The second-order valence-electron chi connectivity index (χ2n) is 7.13. The molecule has 0 aliphatic rings. The Kier molecular flexibility index (Phi) is 5.88. The number of hydrogen-bond acceptors (Lipinski definition) is 6. The zero-order valence-corrected chi connectivity index (χ0v) is 15.8. The molecule has 0 aliphatic heterocycles. The summed E-state index contributed by atoms with van der Waals surface area (Å²) in [5.74, 6) is -0.790. The van der Waals surface area contributed by atoms with Crippen LogP contribution in [0.1, 0.15) is 31.1 Å². The molecule has 0 spiro atoms. The minimum atomic E-state index is -0.526. The van der Waals surface area contributed by atoms with E-state index in [2.05, 4.69) is 20.7 Å². The lowest BCUT2D eigenvalue weighted by molar-refractivity contribution is -0.136. The zero-order valence-electron chi connectivity index (χ0n) is 15.8. The minimum Gasteiger partial charge on any atom is -0.366 e. The van der Waals surface area contributed by atoms with Crippen LogP contribution < -0.4 is 11.1 Å². The van der Waals surface area contributed by atoms with Gasteiger partial charge in [-0.2, -0.15) is 4.80 Å². The second-order valence-corrected chi connectivity index (χ2v) is 7.13. The van der Waals surface area contributed by atoms with E-state index in [0.29, 0.717) is 17.0 Å². The highest BCUT2D eigenvalue weighted by atomic mass is 16.2. The van der Waals surface area contributed by atoms with E-state index in [1.807, 2.05) is 20.8 Å². The molecule has 0 bridgehead atoms. The van der Waals surface area contributed by atoms with Crippen molar-refractivity contribution >= 4 is 17.7 Å². The van der Waals surface area contributed by atoms with Crippen molar-refractivity contribution in [2.75, 3.05) is 13.6 Å². The first-order valence-electron chi connectivity index (χ1n) is 8.28. The van der Waals surface area contributed by atoms with Crippen LogP contribution in [0.2, 0.25) is 0 Å². The van der Waals surface area contributed by atoms with E-state index in [1.54, 1.807) is 24.3 Å². The van der Waals surface area contributed by atoms with Crippen LogP contribution in [0.15, 0.2) is 24.3 Å². The van der Waals surface area contributed by atoms with Crippen LogP contribution in [0.3, 0.4) is 0 Å². The lowest BCUT2D eigenvalue weighted by Gasteiger charge is -2.23. The Balaban J connectivity index is 1.97. The molecule has 0 unspecified atom stereocenters. The first kappa shape index (κ1) is 20.0. The first-order chi connectivity index (χ1) is 12.5. The number of primary amides is 1. The highest BCUT2D eigenvalue weighted by molar-refractivity contribution is 5.93. The average molecular weight is 373 g/mol. The summed E-state index contributed by atoms with van der Waals surface area (Å²) in [6.07, 6.45) is 0. The smallest absolute Gasteiger partial charge is 0.248 e. The normalized spacial score (nSPS) is 11.1. The molecule has 10 heteroatoms. The fourth-order valence-electron chi connectivity index (χ4n) is 2.21. The maximum absolute atomic E-state index is 12.2. The summed E-state index contributed by atoms with van der Waals surface area (Å²) < 4.78 is 0. The van der Waals surface area contributed by atoms with Gasteiger partial charge in [-0.3, -0.25) is 14.4 Å². The second kappa shape index (κ2) is 7.94. The number of benzene rings is 1. The van der Waals surface area contributed by atoms with Gasteiger partial charge in [0, 0.05) is 23.7 Å². The molecule has 10 nitrogen and oxygen atoms in total. The molecule has 2 rings (SSSR count). The number of nitrogens with one attached hydrogen (secondary N) is 1. The largest absolute Gasteiger partial charge is 0.366 e. The molecule has 144 valence electrons. The minimum absolute atomic E-state index is 0.0633. The SMILES string of the molecule is CN(CC(=O)NC(C)(C)C)C(=O)Cn1nnc(-c2ccc(C(N)=O)cc2)n1. The number of carbonyl (C=O) groups excluding carboxylic acids is 3. The molecule has 3 amide bonds. The van der Waals surface area contributed by atoms with Gasteiger partial charge in [-0.15, -0.1) is 10.2 Å². The van der Waals surface area contributed by atoms with Crippen molar-refractivity contribution in [1.82, 2.24) is 30.4 Å². The molecule has 0 saturated carbocycles. The number of amides is 3. The van der Waals surface area contributed by atoms with Crippen molar-refractivity contribution in [3.8, 4) is 11.4 Å². The van der Waals surface area contributed by atoms with E-state index in [0.717, 1.165) is 4.80 Å². The quantitative estimate of drug-likeness (QED) is 0.720. The maximum Gasteiger partial charge on any atom is 0.248 e. The van der Waals surface area contributed by atoms with Gasteiger partial charge in [0.2, 0.25) is 23.5 Å². The summed E-state index contributed by atoms with van der Waals surface area (Å²) in [4.78, 5) is 37.7. The Labute approximate surface area is 156 Å². The van der Waals surface area contributed by atoms with Crippen molar-refractivity contribution in [3.63, 3.8) is 0 Å². The van der Waals surface area contributed by atoms with Crippen LogP contribution in [0.25, 0.3) is 11.4 Å². The van der Waals surface area contributed by atoms with Gasteiger partial charge in [0.25, 0.3) is 0 Å². The van der Waals surface area contributed by atoms with Gasteiger partial charge in [-0.25, -0.2) is 0 Å². The van der Waals surface area contributed by atoms with Crippen molar-refractivity contribution < 1.29 is 14.4 Å². The maximum atomic E-state index is 12.2. The lowest BCUT2D eigenvalue weighted by atomic mass is 10.1. The Morgan fingerprint density at radius 1 is 1.19 bits per heavy atom. The Morgan fingerprint density at radius 2 is 1.81 bits per heavy atom. The van der Waals surface area contributed by atoms with E-state index >= 15 is 0 Å². The third-order valence-electron chi connectivity index (χ3n) is 3.48. The third kappa shape index (κ3) is 5.87. The van der Waals surface area contributed by atoms with E-state index in [1.165, 1.54) is 11.9 Å². The molecule has 0 fully saturated rings. The molecule has 1 aromatic carbocycles. The molecule has 27 heavy (non-hydrogen) atoms. The molecule has 0 radical (unpaired) electrons. The standard InChI is InChI=1S/C17H23N7O3/c1-17(2,3)19-13(25)9-23(4)14(26)10-24-21-16(20-22-24)12-7-5-11(6-8-12)15(18)27/h5-8H,9-10H2,1-4H3,(H2,18,27)(H,19,25). The number of aromatic nitrogens is 4. The summed E-state index contributed by atoms with van der Waals surface area (Å²) in [6.45, 7) is 5.38. The van der Waals surface area contributed by atoms with Gasteiger partial charge in [0.15, 0.2) is 0 Å². The van der Waals surface area contributed by atoms with Crippen molar-refractivity contribution in [2.45, 2.75) is 32.9 Å². The number of rotatable bonds is 6. The Hall–Kier alpha value is -3.30. The molecular formula is C17H23N7O3. The highest BCUT2D eigenvalue weighted by Crippen LogP contribution is 2.14. The van der Waals surface area contributed by atoms with Gasteiger partial charge < -0.3 is 16.0 Å². The summed E-state index contributed by atoms with van der Waals surface area (Å²) in [5, 5.41) is 14.7. The summed E-state index contributed by atoms with van der Waals surface area (Å²) in [5.41, 5.74) is 5.84. The number of tetrazole rings is 1. The molecule has 0 saturated heterocycles. The molecular weight excluding hydrogens is 350 g/mol. The van der Waals surface area contributed by atoms with Crippen LogP contribution in [-0.4, -0.2) is 62.0 Å². The van der Waals surface area contributed by atoms with Gasteiger partial charge in [-0.1, -0.05) is 12.1 Å². The molecule has 1 heterocycles. The number of nitrogens with zero attached hydrogens (tertiary/aromatic N) is 5. The van der Waals surface area contributed by atoms with Crippen LogP contribution in [0, 0.1) is 0 Å². The van der Waals surface area contributed by atoms with Crippen molar-refractivity contribution in [3.05, 3.63) is 29.8 Å². The molecule has 3 N–H and O–H groups in total. The van der Waals surface area contributed by atoms with E-state index in [4.69, 9.17) is 5.73 Å². The molecule has 0 aliphatic carbocycles. The monoisotopic (exact) mass is 373 g/mol. The van der Waals surface area contributed by atoms with Crippen LogP contribution in [0.5, 0.6) is 0 Å². The predicted octanol–water partition coefficient (Wildman–Crippen LogP) is -0.188. The fourth-order valence-corrected chi connectivity index (χ4v) is 2.21. The van der Waals surface area contributed by atoms with E-state index in [9.17, 15) is 14.4 Å². The zero-order chi connectivity index (χ0) is 20.2. The van der Waals surface area contributed by atoms with Gasteiger partial charge in [0.05, 0.1) is 6.54 Å². The summed E-state index contributed by atoms with van der Waals surface area (Å²) in [6, 6.07) is 6.41. The Bertz CT molecular complexity index is 837. The van der Waals surface area contributed by atoms with Crippen LogP contribution >= 0.6 is 0 Å². The lowest BCUT2D eigenvalue weighted by Crippen LogP contribution is -2.46. The van der Waals surface area contributed by atoms with Gasteiger partial charge in [0.1, 0.15) is 6.54 Å². The number of carbonyl (C=O) groups is 3. The van der Waals surface area contributed by atoms with Crippen LogP contribution in [0.4, 0.5) is 0 Å². The third-order valence-corrected chi connectivity index (χ3v) is 3.48. The van der Waals surface area contributed by atoms with Crippen molar-refractivity contribution in [1.29, 1.82) is 0 Å². The molecule has 0 atom stereocenters. The summed E-state index contributed by atoms with van der Waals surface area (Å²) >= 11 is 0. The number of hydrogen-bond donors (Lipinski definition) is 2. The molecule has 1 aromatic heterocycles. The Morgan fingerprint density at radius 3 is 2.37 bits per heavy atom. The van der Waals surface area contributed by atoms with E-state index in [-0.39, 0.29) is 30.4 Å². The van der Waals surface area contributed by atoms with Gasteiger partial charge >= 0.3 is 0 Å². The summed E-state index contributed by atoms with van der Waals surface area (Å²) in [7, 11) is 1.53.